The summed E-state index contributed by atoms with van der Waals surface area (Å²) in [5.41, 5.74) is 1.02. The minimum Gasteiger partial charge on any atom is -0.493 e. The van der Waals surface area contributed by atoms with E-state index in [9.17, 15) is 9.90 Å². The van der Waals surface area contributed by atoms with Crippen molar-refractivity contribution in [1.82, 2.24) is 4.90 Å². The Morgan fingerprint density at radius 3 is 2.46 bits per heavy atom. The first-order valence-electron chi connectivity index (χ1n) is 13.0. The Hall–Kier alpha value is -3.29. The van der Waals surface area contributed by atoms with Crippen LogP contribution in [0.3, 0.4) is 0 Å². The predicted octanol–water partition coefficient (Wildman–Crippen LogP) is 5.17. The van der Waals surface area contributed by atoms with E-state index in [-0.39, 0.29) is 24.4 Å². The normalized spacial score (nSPS) is 23.8. The van der Waals surface area contributed by atoms with Crippen molar-refractivity contribution in [1.29, 1.82) is 0 Å². The predicted molar refractivity (Wildman–Crippen MR) is 145 cm³/mol. The number of hydrogen-bond donors (Lipinski definition) is 2. The summed E-state index contributed by atoms with van der Waals surface area (Å²) in [5, 5.41) is 16.9. The summed E-state index contributed by atoms with van der Waals surface area (Å²) in [6.45, 7) is 0.842. The zero-order chi connectivity index (χ0) is 26.0. The molecule has 2 aliphatic rings. The van der Waals surface area contributed by atoms with Gasteiger partial charge in [-0.15, -0.1) is 0 Å². The monoisotopic (exact) mass is 504 g/mol. The highest BCUT2D eigenvalue weighted by Gasteiger charge is 2.49. The zero-order valence-electron chi connectivity index (χ0n) is 21.8. The van der Waals surface area contributed by atoms with Crippen LogP contribution in [-0.2, 0) is 4.79 Å². The molecule has 1 heterocycles. The number of ether oxygens (including phenoxy) is 3. The molecule has 1 saturated heterocycles. The number of hydrogen-bond acceptors (Lipinski definition) is 6. The van der Waals surface area contributed by atoms with Crippen LogP contribution in [0.5, 0.6) is 17.2 Å². The van der Waals surface area contributed by atoms with Gasteiger partial charge in [-0.25, -0.2) is 0 Å². The second-order valence-corrected chi connectivity index (χ2v) is 10.2. The van der Waals surface area contributed by atoms with E-state index in [0.29, 0.717) is 30.2 Å². The number of carbonyl (C=O) groups is 1. The lowest BCUT2D eigenvalue weighted by Crippen LogP contribution is -2.56. The third kappa shape index (κ3) is 4.86. The van der Waals surface area contributed by atoms with Gasteiger partial charge >= 0.3 is 0 Å². The van der Waals surface area contributed by atoms with Gasteiger partial charge in [0.1, 0.15) is 0 Å². The van der Waals surface area contributed by atoms with Crippen LogP contribution < -0.4 is 19.5 Å². The minimum absolute atomic E-state index is 0.00293. The van der Waals surface area contributed by atoms with Gasteiger partial charge in [0, 0.05) is 29.6 Å². The molecule has 0 radical (unpaired) electrons. The van der Waals surface area contributed by atoms with E-state index in [0.717, 1.165) is 47.7 Å². The van der Waals surface area contributed by atoms with Crippen LogP contribution in [0.15, 0.2) is 54.6 Å². The van der Waals surface area contributed by atoms with Crippen molar-refractivity contribution in [3.63, 3.8) is 0 Å². The number of rotatable bonds is 7. The molecule has 5 rings (SSSR count). The number of nitrogens with zero attached hydrogens (tertiary/aromatic N) is 1. The molecule has 3 atom stereocenters. The molecule has 3 unspecified atom stereocenters. The maximum absolute atomic E-state index is 13.4. The fourth-order valence-electron chi connectivity index (χ4n) is 6.34. The number of nitrogens with one attached hydrogen (secondary N) is 1. The van der Waals surface area contributed by atoms with E-state index in [1.807, 2.05) is 54.6 Å². The molecule has 2 N–H and O–H groups in total. The van der Waals surface area contributed by atoms with E-state index >= 15 is 0 Å². The Labute approximate surface area is 218 Å². The molecule has 3 aromatic carbocycles. The summed E-state index contributed by atoms with van der Waals surface area (Å²) >= 11 is 0. The highest BCUT2D eigenvalue weighted by molar-refractivity contribution is 6.02. The van der Waals surface area contributed by atoms with Gasteiger partial charge in [0.25, 0.3) is 0 Å². The van der Waals surface area contributed by atoms with Crippen molar-refractivity contribution in [2.24, 2.45) is 5.92 Å². The standard InChI is InChI=1S/C30H36N2O5/c1-35-25-17-21(18-26(36-2)29(25)37-3)28-23-12-6-7-14-30(23,34)15-16-32(28)19-27(33)31-24-13-8-10-20-9-4-5-11-22(20)24/h4-5,8-11,13,17-18,23,28,34H,6-7,12,14-16,19H2,1-3H3,(H,31,33). The van der Waals surface area contributed by atoms with Crippen LogP contribution in [0, 0.1) is 5.92 Å². The van der Waals surface area contributed by atoms with Crippen LogP contribution in [0.25, 0.3) is 10.8 Å². The molecule has 1 saturated carbocycles. The Morgan fingerprint density at radius 1 is 1.00 bits per heavy atom. The van der Waals surface area contributed by atoms with Crippen molar-refractivity contribution in [3.05, 3.63) is 60.2 Å². The van der Waals surface area contributed by atoms with E-state index in [2.05, 4.69) is 10.2 Å². The fourth-order valence-corrected chi connectivity index (χ4v) is 6.34. The number of amides is 1. The number of piperidine rings is 1. The highest BCUT2D eigenvalue weighted by Crippen LogP contribution is 2.51. The average molecular weight is 505 g/mol. The maximum atomic E-state index is 13.4. The molecular formula is C30H36N2O5. The average Bonchev–Trinajstić information content (AvgIpc) is 2.92. The molecule has 2 fully saturated rings. The van der Waals surface area contributed by atoms with Crippen molar-refractivity contribution in [2.45, 2.75) is 43.7 Å². The zero-order valence-corrected chi connectivity index (χ0v) is 21.8. The lowest BCUT2D eigenvalue weighted by molar-refractivity contribution is -0.135. The molecule has 0 spiro atoms. The van der Waals surface area contributed by atoms with Gasteiger partial charge in [0.15, 0.2) is 11.5 Å². The number of methoxy groups -OCH3 is 3. The summed E-state index contributed by atoms with van der Waals surface area (Å²) in [5.74, 6) is 1.60. The second-order valence-electron chi connectivity index (χ2n) is 10.2. The first kappa shape index (κ1) is 25.4. The number of likely N-dealkylation sites (tertiary alicyclic amines) is 1. The number of anilines is 1. The Morgan fingerprint density at radius 2 is 1.73 bits per heavy atom. The van der Waals surface area contributed by atoms with Crippen LogP contribution in [-0.4, -0.2) is 55.9 Å². The van der Waals surface area contributed by atoms with Crippen LogP contribution in [0.1, 0.15) is 43.7 Å². The van der Waals surface area contributed by atoms with Crippen molar-refractivity contribution >= 4 is 22.4 Å². The Balaban J connectivity index is 1.48. The molecule has 0 aromatic heterocycles. The molecule has 3 aromatic rings. The van der Waals surface area contributed by atoms with Gasteiger partial charge in [0.05, 0.1) is 33.5 Å². The topological polar surface area (TPSA) is 80.3 Å². The SMILES string of the molecule is COc1cc(C2C3CCCCC3(O)CCN2CC(=O)Nc2cccc3ccccc23)cc(OC)c1OC. The maximum Gasteiger partial charge on any atom is 0.238 e. The van der Waals surface area contributed by atoms with Gasteiger partial charge in [-0.2, -0.15) is 0 Å². The Bertz CT molecular complexity index is 1250. The molecule has 1 aliphatic heterocycles. The molecule has 1 amide bonds. The Kier molecular flexibility index (Phi) is 7.26. The van der Waals surface area contributed by atoms with Gasteiger partial charge in [-0.1, -0.05) is 49.2 Å². The molecule has 196 valence electrons. The van der Waals surface area contributed by atoms with Crippen molar-refractivity contribution < 1.29 is 24.1 Å². The van der Waals surface area contributed by atoms with Gasteiger partial charge in [0.2, 0.25) is 11.7 Å². The molecule has 7 nitrogen and oxygen atoms in total. The summed E-state index contributed by atoms with van der Waals surface area (Å²) in [6.07, 6.45) is 4.43. The second kappa shape index (κ2) is 10.6. The van der Waals surface area contributed by atoms with Gasteiger partial charge < -0.3 is 24.6 Å². The van der Waals surface area contributed by atoms with Crippen LogP contribution in [0.2, 0.25) is 0 Å². The first-order valence-corrected chi connectivity index (χ1v) is 13.0. The quantitative estimate of drug-likeness (QED) is 0.462. The van der Waals surface area contributed by atoms with Crippen LogP contribution in [0.4, 0.5) is 5.69 Å². The van der Waals surface area contributed by atoms with Crippen molar-refractivity contribution in [3.8, 4) is 17.2 Å². The first-order chi connectivity index (χ1) is 18.0. The van der Waals surface area contributed by atoms with Gasteiger partial charge in [-0.3, -0.25) is 9.69 Å². The minimum atomic E-state index is -0.744. The third-order valence-electron chi connectivity index (χ3n) is 8.11. The summed E-state index contributed by atoms with van der Waals surface area (Å²) in [4.78, 5) is 15.6. The molecule has 1 aliphatic carbocycles. The molecular weight excluding hydrogens is 468 g/mol. The van der Waals surface area contributed by atoms with E-state index < -0.39 is 5.60 Å². The van der Waals surface area contributed by atoms with E-state index in [4.69, 9.17) is 14.2 Å². The van der Waals surface area contributed by atoms with E-state index in [1.165, 1.54) is 0 Å². The number of benzene rings is 3. The van der Waals surface area contributed by atoms with Crippen molar-refractivity contribution in [2.75, 3.05) is 39.7 Å². The summed E-state index contributed by atoms with van der Waals surface area (Å²) in [6, 6.07) is 17.7. The molecule has 0 bridgehead atoms. The smallest absolute Gasteiger partial charge is 0.238 e. The van der Waals surface area contributed by atoms with Gasteiger partial charge in [-0.05, 0) is 48.4 Å². The number of fused-ring (bicyclic) bond motifs is 2. The fraction of sp³-hybridized carbons (Fsp3) is 0.433. The highest BCUT2D eigenvalue weighted by atomic mass is 16.5. The lowest BCUT2D eigenvalue weighted by Gasteiger charge is -2.52. The number of aliphatic hydroxyl groups is 1. The largest absolute Gasteiger partial charge is 0.493 e. The van der Waals surface area contributed by atoms with E-state index in [1.54, 1.807) is 21.3 Å². The summed E-state index contributed by atoms with van der Waals surface area (Å²) in [7, 11) is 4.80. The molecule has 7 heteroatoms. The number of carbonyl (C=O) groups excluding carboxylic acids is 1. The summed E-state index contributed by atoms with van der Waals surface area (Å²) < 4.78 is 16.8. The molecule has 37 heavy (non-hydrogen) atoms. The third-order valence-corrected chi connectivity index (χ3v) is 8.11. The van der Waals surface area contributed by atoms with Crippen LogP contribution >= 0.6 is 0 Å². The lowest BCUT2D eigenvalue weighted by atomic mass is 9.66.